The molecule has 28 heavy (non-hydrogen) atoms. The van der Waals surface area contributed by atoms with Gasteiger partial charge in [0.2, 0.25) is 9.84 Å². The summed E-state index contributed by atoms with van der Waals surface area (Å²) >= 11 is 0. The van der Waals surface area contributed by atoms with Crippen LogP contribution in [-0.4, -0.2) is 33.8 Å². The Balaban J connectivity index is 2.91. The van der Waals surface area contributed by atoms with Gasteiger partial charge in [0.25, 0.3) is 0 Å². The van der Waals surface area contributed by atoms with Crippen molar-refractivity contribution < 1.29 is 56.3 Å². The molecule has 1 aromatic carbocycles. The molecule has 1 aromatic rings. The fourth-order valence-electron chi connectivity index (χ4n) is 2.64. The fraction of sp³-hybridized carbons (Fsp3) is 0.462. The zero-order valence-corrected chi connectivity index (χ0v) is 14.8. The molecule has 0 radical (unpaired) electrons. The van der Waals surface area contributed by atoms with E-state index < -0.39 is 95.1 Å². The Morgan fingerprint density at radius 3 is 1.57 bits per heavy atom. The summed E-state index contributed by atoms with van der Waals surface area (Å²) in [6.45, 7) is 0. The van der Waals surface area contributed by atoms with Crippen molar-refractivity contribution in [2.45, 2.75) is 36.2 Å². The van der Waals surface area contributed by atoms with Crippen LogP contribution in [0.5, 0.6) is 0 Å². The Labute approximate surface area is 152 Å². The number of halogens is 9. The Morgan fingerprint density at radius 2 is 1.21 bits per heavy atom. The van der Waals surface area contributed by atoms with Gasteiger partial charge < -0.3 is 0 Å². The maximum absolute atomic E-state index is 14.0. The zero-order chi connectivity index (χ0) is 21.8. The van der Waals surface area contributed by atoms with E-state index in [0.717, 1.165) is 0 Å². The van der Waals surface area contributed by atoms with E-state index in [-0.39, 0.29) is 0 Å². The molecule has 160 valence electrons. The Kier molecular flexibility index (Phi) is 5.66. The van der Waals surface area contributed by atoms with E-state index in [2.05, 4.69) is 0 Å². The number of sulfone groups is 2. The van der Waals surface area contributed by atoms with Gasteiger partial charge in [0, 0.05) is 0 Å². The number of benzene rings is 1. The van der Waals surface area contributed by atoms with Crippen LogP contribution in [0.15, 0.2) is 0 Å². The third-order valence-electron chi connectivity index (χ3n) is 3.98. The molecule has 1 fully saturated rings. The molecule has 15 heteroatoms. The molecule has 0 spiro atoms. The van der Waals surface area contributed by atoms with Crippen LogP contribution in [0.2, 0.25) is 0 Å². The second-order valence-electron chi connectivity index (χ2n) is 5.76. The third-order valence-corrected chi connectivity index (χ3v) is 8.66. The summed E-state index contributed by atoms with van der Waals surface area (Å²) in [4.78, 5) is 0. The third kappa shape index (κ3) is 3.42. The van der Waals surface area contributed by atoms with E-state index in [1.54, 1.807) is 0 Å². The standard InChI is InChI=1S/C13H8F9O4S2/c14-4-1-2-5(3-4)27(23,24)12(28(25,26)13(20,21)22)6-7(15)9(17)11(19)10(18)8(6)16/h4-5H,1-3H2/q-1. The molecule has 0 bridgehead atoms. The summed E-state index contributed by atoms with van der Waals surface area (Å²) in [5, 5.41) is -2.18. The van der Waals surface area contributed by atoms with Gasteiger partial charge in [-0.3, -0.25) is 8.78 Å². The summed E-state index contributed by atoms with van der Waals surface area (Å²) in [7, 11) is -13.0. The maximum Gasteiger partial charge on any atom is 0.491 e. The Morgan fingerprint density at radius 1 is 0.786 bits per heavy atom. The monoisotopic (exact) mass is 463 g/mol. The van der Waals surface area contributed by atoms with E-state index in [9.17, 15) is 56.3 Å². The minimum absolute atomic E-state index is 0.527. The first kappa shape index (κ1) is 22.6. The van der Waals surface area contributed by atoms with Crippen molar-refractivity contribution in [1.29, 1.82) is 0 Å². The summed E-state index contributed by atoms with van der Waals surface area (Å²) in [6.07, 6.45) is -4.16. The van der Waals surface area contributed by atoms with Crippen LogP contribution in [-0.2, 0) is 19.7 Å². The molecular weight excluding hydrogens is 455 g/mol. The summed E-state index contributed by atoms with van der Waals surface area (Å²) in [6, 6.07) is 0. The molecular formula is C13H8F9O4S2-. The minimum atomic E-state index is -7.13. The van der Waals surface area contributed by atoms with Crippen molar-refractivity contribution in [2.24, 2.45) is 0 Å². The molecule has 4 nitrogen and oxygen atoms in total. The summed E-state index contributed by atoms with van der Waals surface area (Å²) in [5.41, 5.74) is -9.24. The lowest BCUT2D eigenvalue weighted by atomic mass is 10.2. The topological polar surface area (TPSA) is 68.3 Å². The first-order chi connectivity index (χ1) is 12.5. The highest BCUT2D eigenvalue weighted by Crippen LogP contribution is 2.45. The molecule has 1 saturated carbocycles. The van der Waals surface area contributed by atoms with Crippen LogP contribution in [0.1, 0.15) is 24.8 Å². The van der Waals surface area contributed by atoms with Gasteiger partial charge in [0.15, 0.2) is 5.82 Å². The lowest BCUT2D eigenvalue weighted by Crippen LogP contribution is -2.39. The van der Waals surface area contributed by atoms with Gasteiger partial charge in [-0.15, -0.1) is 0 Å². The van der Waals surface area contributed by atoms with Crippen LogP contribution < -0.4 is 0 Å². The van der Waals surface area contributed by atoms with Crippen molar-refractivity contribution in [3.63, 3.8) is 0 Å². The quantitative estimate of drug-likeness (QED) is 0.297. The number of hydrogen-bond donors (Lipinski definition) is 0. The Bertz CT molecular complexity index is 973. The van der Waals surface area contributed by atoms with Crippen LogP contribution in [0.25, 0.3) is 0 Å². The normalized spacial score (nSPS) is 21.2. The summed E-state index contributed by atoms with van der Waals surface area (Å²) in [5.74, 6) is -14.7. The molecule has 0 N–H and O–H groups in total. The molecule has 1 aliphatic rings. The van der Waals surface area contributed by atoms with Gasteiger partial charge >= 0.3 is 5.51 Å². The second kappa shape index (κ2) is 7.00. The molecule has 0 aromatic heterocycles. The molecule has 0 heterocycles. The van der Waals surface area contributed by atoms with Gasteiger partial charge in [-0.25, -0.2) is 34.4 Å². The Hall–Kier alpha value is -1.64. The predicted octanol–water partition coefficient (Wildman–Crippen LogP) is 3.46. The highest BCUT2D eigenvalue weighted by atomic mass is 32.3. The van der Waals surface area contributed by atoms with E-state index in [0.29, 0.717) is 0 Å². The number of rotatable bonds is 4. The first-order valence-corrected chi connectivity index (χ1v) is 10.2. The molecule has 2 rings (SSSR count). The smallest absolute Gasteiger partial charge is 0.280 e. The van der Waals surface area contributed by atoms with Crippen molar-refractivity contribution in [3.8, 4) is 0 Å². The van der Waals surface area contributed by atoms with Crippen molar-refractivity contribution in [2.75, 3.05) is 0 Å². The van der Waals surface area contributed by atoms with Crippen molar-refractivity contribution in [3.05, 3.63) is 39.2 Å². The highest BCUT2D eigenvalue weighted by Gasteiger charge is 2.55. The lowest BCUT2D eigenvalue weighted by Gasteiger charge is -2.30. The minimum Gasteiger partial charge on any atom is -0.280 e. The lowest BCUT2D eigenvalue weighted by molar-refractivity contribution is -0.0429. The molecule has 0 aliphatic heterocycles. The number of hydrogen-bond acceptors (Lipinski definition) is 4. The van der Waals surface area contributed by atoms with Gasteiger partial charge in [0.1, 0.15) is 27.6 Å². The average molecular weight is 463 g/mol. The van der Waals surface area contributed by atoms with Gasteiger partial charge in [-0.2, -0.15) is 13.2 Å². The molecule has 2 atom stereocenters. The molecule has 0 saturated heterocycles. The van der Waals surface area contributed by atoms with E-state index in [1.807, 2.05) is 0 Å². The van der Waals surface area contributed by atoms with Crippen LogP contribution >= 0.6 is 0 Å². The summed E-state index contributed by atoms with van der Waals surface area (Å²) < 4.78 is 165. The zero-order valence-electron chi connectivity index (χ0n) is 13.1. The fourth-order valence-corrected chi connectivity index (χ4v) is 6.89. The van der Waals surface area contributed by atoms with Crippen LogP contribution in [0.3, 0.4) is 0 Å². The van der Waals surface area contributed by atoms with Gasteiger partial charge in [-0.05, 0) is 19.3 Å². The van der Waals surface area contributed by atoms with Gasteiger partial charge in [0.05, 0.1) is 21.5 Å². The van der Waals surface area contributed by atoms with E-state index in [1.165, 1.54) is 0 Å². The predicted molar refractivity (Wildman–Crippen MR) is 75.0 cm³/mol. The first-order valence-electron chi connectivity index (χ1n) is 7.13. The molecule has 0 amide bonds. The maximum atomic E-state index is 14.0. The second-order valence-corrected chi connectivity index (χ2v) is 10.1. The van der Waals surface area contributed by atoms with E-state index in [4.69, 9.17) is 0 Å². The van der Waals surface area contributed by atoms with Crippen molar-refractivity contribution in [1.82, 2.24) is 0 Å². The molecule has 2 unspecified atom stereocenters. The van der Waals surface area contributed by atoms with Crippen LogP contribution in [0, 0.1) is 33.7 Å². The SMILES string of the molecule is O=S(=O)([C-](c1c(F)c(F)c(F)c(F)c1F)S(=O)(=O)C(F)(F)F)C1CCC(F)C1. The van der Waals surface area contributed by atoms with E-state index >= 15 is 0 Å². The highest BCUT2D eigenvalue weighted by molar-refractivity contribution is 8.13. The van der Waals surface area contributed by atoms with Gasteiger partial charge in [-0.1, -0.05) is 5.56 Å². The number of alkyl halides is 4. The van der Waals surface area contributed by atoms with Crippen LogP contribution in [0.4, 0.5) is 39.5 Å². The largest absolute Gasteiger partial charge is 0.491 e. The molecule has 1 aliphatic carbocycles. The average Bonchev–Trinajstić information content (AvgIpc) is 3.01. The van der Waals surface area contributed by atoms with Crippen molar-refractivity contribution >= 4 is 19.7 Å².